The van der Waals surface area contributed by atoms with Crippen molar-refractivity contribution >= 4 is 11.8 Å². The lowest BCUT2D eigenvalue weighted by Gasteiger charge is -2.20. The van der Waals surface area contributed by atoms with Crippen LogP contribution in [0.5, 0.6) is 5.75 Å². The van der Waals surface area contributed by atoms with Crippen LogP contribution in [0.1, 0.15) is 39.2 Å². The van der Waals surface area contributed by atoms with Gasteiger partial charge in [0.1, 0.15) is 18.0 Å². The Balaban J connectivity index is 1.55. The first-order chi connectivity index (χ1) is 11.3. The minimum atomic E-state index is -0.521. The first-order valence-corrected chi connectivity index (χ1v) is 8.78. The summed E-state index contributed by atoms with van der Waals surface area (Å²) in [4.78, 5) is 14.5. The van der Waals surface area contributed by atoms with Gasteiger partial charge in [0.15, 0.2) is 0 Å². The Morgan fingerprint density at radius 1 is 1.33 bits per heavy atom. The summed E-state index contributed by atoms with van der Waals surface area (Å²) in [5.41, 5.74) is 1.24. The van der Waals surface area contributed by atoms with Gasteiger partial charge in [-0.3, -0.25) is 10.2 Å². The maximum atomic E-state index is 12.0. The van der Waals surface area contributed by atoms with E-state index in [0.717, 1.165) is 18.0 Å². The van der Waals surface area contributed by atoms with Gasteiger partial charge in [-0.25, -0.2) is 4.79 Å². The van der Waals surface area contributed by atoms with Gasteiger partial charge in [-0.15, -0.1) is 0 Å². The molecule has 1 saturated carbocycles. The molecule has 132 valence electrons. The highest BCUT2D eigenvalue weighted by molar-refractivity contribution is 5.87. The molecule has 0 spiro atoms. The van der Waals surface area contributed by atoms with Crippen LogP contribution in [0.2, 0.25) is 0 Å². The molecule has 0 aromatic heterocycles. The first-order valence-electron chi connectivity index (χ1n) is 8.78. The van der Waals surface area contributed by atoms with Crippen molar-refractivity contribution in [3.63, 3.8) is 0 Å². The number of anilines is 1. The molecule has 2 fully saturated rings. The van der Waals surface area contributed by atoms with E-state index in [-0.39, 0.29) is 0 Å². The van der Waals surface area contributed by atoms with Crippen LogP contribution in [0.3, 0.4) is 0 Å². The summed E-state index contributed by atoms with van der Waals surface area (Å²) < 4.78 is 11.3. The Morgan fingerprint density at radius 2 is 2.08 bits per heavy atom. The number of benzene rings is 1. The summed E-state index contributed by atoms with van der Waals surface area (Å²) in [6.07, 6.45) is 2.30. The second kappa shape index (κ2) is 6.63. The standard InChI is InChI=1S/C19H28N2O3/c1-13-5-8-16(20-18(22)24-19(2,3)4)17(9-13)23-12-15-11-21(15)10-14-6-7-14/h5,8-9,14-15H,6-7,10-12H2,1-4H3,(H,20,22). The van der Waals surface area contributed by atoms with Crippen LogP contribution >= 0.6 is 0 Å². The number of ether oxygens (including phenoxy) is 2. The van der Waals surface area contributed by atoms with Crippen molar-refractivity contribution in [3.05, 3.63) is 23.8 Å². The molecule has 24 heavy (non-hydrogen) atoms. The molecule has 5 nitrogen and oxygen atoms in total. The molecule has 1 heterocycles. The minimum absolute atomic E-state index is 0.460. The quantitative estimate of drug-likeness (QED) is 0.805. The summed E-state index contributed by atoms with van der Waals surface area (Å²) in [6.45, 7) is 10.6. The number of nitrogens with zero attached hydrogens (tertiary/aromatic N) is 1. The van der Waals surface area contributed by atoms with E-state index in [4.69, 9.17) is 9.47 Å². The maximum Gasteiger partial charge on any atom is 0.412 e. The van der Waals surface area contributed by atoms with E-state index in [1.807, 2.05) is 45.9 Å². The lowest BCUT2D eigenvalue weighted by molar-refractivity contribution is 0.0635. The lowest BCUT2D eigenvalue weighted by atomic mass is 10.2. The lowest BCUT2D eigenvalue weighted by Crippen LogP contribution is -2.27. The van der Waals surface area contributed by atoms with E-state index in [9.17, 15) is 4.79 Å². The second-order valence-electron chi connectivity index (χ2n) is 7.99. The highest BCUT2D eigenvalue weighted by Gasteiger charge is 2.38. The Labute approximate surface area is 144 Å². The van der Waals surface area contributed by atoms with Gasteiger partial charge >= 0.3 is 6.09 Å². The van der Waals surface area contributed by atoms with Crippen LogP contribution in [-0.2, 0) is 4.74 Å². The van der Waals surface area contributed by atoms with Gasteiger partial charge in [0.25, 0.3) is 0 Å². The van der Waals surface area contributed by atoms with Crippen LogP contribution in [-0.4, -0.2) is 42.3 Å². The number of amides is 1. The molecule has 1 amide bonds. The van der Waals surface area contributed by atoms with Crippen LogP contribution in [0, 0.1) is 12.8 Å². The largest absolute Gasteiger partial charge is 0.490 e. The fraction of sp³-hybridized carbons (Fsp3) is 0.632. The molecule has 1 saturated heterocycles. The number of rotatable bonds is 6. The molecule has 2 atom stereocenters. The predicted molar refractivity (Wildman–Crippen MR) is 94.6 cm³/mol. The zero-order valence-electron chi connectivity index (χ0n) is 15.1. The molecule has 1 aromatic carbocycles. The number of carbonyl (C=O) groups excluding carboxylic acids is 1. The normalized spacial score (nSPS) is 22.8. The Hall–Kier alpha value is -1.75. The van der Waals surface area contributed by atoms with E-state index in [1.165, 1.54) is 19.4 Å². The van der Waals surface area contributed by atoms with Gasteiger partial charge in [-0.1, -0.05) is 6.07 Å². The van der Waals surface area contributed by atoms with Crippen LogP contribution in [0.15, 0.2) is 18.2 Å². The minimum Gasteiger partial charge on any atom is -0.490 e. The molecule has 2 aliphatic rings. The molecule has 0 bridgehead atoms. The van der Waals surface area contributed by atoms with Crippen LogP contribution < -0.4 is 10.1 Å². The summed E-state index contributed by atoms with van der Waals surface area (Å²) in [5.74, 6) is 1.62. The van der Waals surface area contributed by atoms with E-state index in [2.05, 4.69) is 10.2 Å². The third kappa shape index (κ3) is 5.13. The molecule has 1 aliphatic heterocycles. The van der Waals surface area contributed by atoms with Crippen molar-refractivity contribution in [2.45, 2.75) is 52.2 Å². The molecule has 1 aromatic rings. The zero-order chi connectivity index (χ0) is 17.3. The van der Waals surface area contributed by atoms with Crippen molar-refractivity contribution in [1.29, 1.82) is 0 Å². The third-order valence-electron chi connectivity index (χ3n) is 4.22. The summed E-state index contributed by atoms with van der Waals surface area (Å²) in [7, 11) is 0. The van der Waals surface area contributed by atoms with Crippen LogP contribution in [0.4, 0.5) is 10.5 Å². The average Bonchev–Trinajstić information content (AvgIpc) is 3.36. The first kappa shape index (κ1) is 17.1. The third-order valence-corrected chi connectivity index (χ3v) is 4.22. The number of hydrogen-bond donors (Lipinski definition) is 1. The van der Waals surface area contributed by atoms with Gasteiger partial charge in [-0.05, 0) is 64.2 Å². The Bertz CT molecular complexity index is 605. The summed E-state index contributed by atoms with van der Waals surface area (Å²) >= 11 is 0. The van der Waals surface area contributed by atoms with Crippen molar-refractivity contribution < 1.29 is 14.3 Å². The highest BCUT2D eigenvalue weighted by atomic mass is 16.6. The topological polar surface area (TPSA) is 50.6 Å². The summed E-state index contributed by atoms with van der Waals surface area (Å²) in [5, 5.41) is 2.79. The average molecular weight is 332 g/mol. The van der Waals surface area contributed by atoms with Gasteiger partial charge in [-0.2, -0.15) is 0 Å². The molecule has 0 radical (unpaired) electrons. The van der Waals surface area contributed by atoms with E-state index in [1.54, 1.807) is 0 Å². The van der Waals surface area contributed by atoms with Crippen molar-refractivity contribution in [2.75, 3.05) is 25.0 Å². The fourth-order valence-electron chi connectivity index (χ4n) is 2.69. The van der Waals surface area contributed by atoms with E-state index < -0.39 is 11.7 Å². The molecule has 3 rings (SSSR count). The number of carbonyl (C=O) groups is 1. The molecular formula is C19H28N2O3. The zero-order valence-corrected chi connectivity index (χ0v) is 15.1. The highest BCUT2D eigenvalue weighted by Crippen LogP contribution is 2.34. The van der Waals surface area contributed by atoms with Crippen molar-refractivity contribution in [1.82, 2.24) is 4.90 Å². The SMILES string of the molecule is Cc1ccc(NC(=O)OC(C)(C)C)c(OCC2CN2CC2CC2)c1. The number of hydrogen-bond acceptors (Lipinski definition) is 4. The Kier molecular flexibility index (Phi) is 4.72. The number of aryl methyl sites for hydroxylation is 1. The van der Waals surface area contributed by atoms with Crippen molar-refractivity contribution in [3.8, 4) is 5.75 Å². The number of nitrogens with one attached hydrogen (secondary N) is 1. The summed E-state index contributed by atoms with van der Waals surface area (Å²) in [6, 6.07) is 6.29. The van der Waals surface area contributed by atoms with Gasteiger partial charge < -0.3 is 9.47 Å². The van der Waals surface area contributed by atoms with Crippen LogP contribution in [0.25, 0.3) is 0 Å². The maximum absolute atomic E-state index is 12.0. The van der Waals surface area contributed by atoms with Crippen molar-refractivity contribution in [2.24, 2.45) is 5.92 Å². The molecule has 1 aliphatic carbocycles. The monoisotopic (exact) mass is 332 g/mol. The van der Waals surface area contributed by atoms with E-state index in [0.29, 0.717) is 24.1 Å². The molecular weight excluding hydrogens is 304 g/mol. The smallest absolute Gasteiger partial charge is 0.412 e. The van der Waals surface area contributed by atoms with Gasteiger partial charge in [0.05, 0.1) is 11.7 Å². The predicted octanol–water partition coefficient (Wildman–Crippen LogP) is 3.82. The Morgan fingerprint density at radius 3 is 2.75 bits per heavy atom. The molecule has 2 unspecified atom stereocenters. The fourth-order valence-corrected chi connectivity index (χ4v) is 2.69. The molecule has 1 N–H and O–H groups in total. The second-order valence-corrected chi connectivity index (χ2v) is 7.99. The van der Waals surface area contributed by atoms with E-state index >= 15 is 0 Å². The van der Waals surface area contributed by atoms with Gasteiger partial charge in [0, 0.05) is 13.1 Å². The molecule has 5 heteroatoms. The van der Waals surface area contributed by atoms with Gasteiger partial charge in [0.2, 0.25) is 0 Å².